The largest absolute Gasteiger partial charge is 0.497 e. The Balaban J connectivity index is 1.54. The Hall–Kier alpha value is -3.41. The van der Waals surface area contributed by atoms with Gasteiger partial charge in [-0.15, -0.1) is 0 Å². The van der Waals surface area contributed by atoms with E-state index in [2.05, 4.69) is 5.32 Å². The third-order valence-electron chi connectivity index (χ3n) is 6.35. The van der Waals surface area contributed by atoms with Crippen LogP contribution in [0.1, 0.15) is 24.8 Å². The van der Waals surface area contributed by atoms with Gasteiger partial charge in [0.1, 0.15) is 12.3 Å². The topological polar surface area (TPSA) is 113 Å². The van der Waals surface area contributed by atoms with E-state index in [1.165, 1.54) is 47.8 Å². The van der Waals surface area contributed by atoms with Crippen molar-refractivity contribution in [1.82, 2.24) is 4.31 Å². The van der Waals surface area contributed by atoms with E-state index in [-0.39, 0.29) is 9.79 Å². The number of ether oxygens (including phenoxy) is 1. The molecular weight excluding hydrogens is 526 g/mol. The molecule has 0 spiro atoms. The van der Waals surface area contributed by atoms with E-state index < -0.39 is 32.5 Å². The fourth-order valence-corrected chi connectivity index (χ4v) is 7.13. The first-order valence-electron chi connectivity index (χ1n) is 12.2. The molecule has 0 saturated carbocycles. The SMILES string of the molecule is COc1ccc(S(=O)(=O)N(CC(=O)Nc2ccc(S(=O)(=O)N3CCCCC3)cc2)c2ccc(C)cc2)cc1. The molecule has 1 fully saturated rings. The molecule has 0 unspecified atom stereocenters. The number of aryl methyl sites for hydroxylation is 1. The molecule has 0 aliphatic carbocycles. The summed E-state index contributed by atoms with van der Waals surface area (Å²) in [6.45, 7) is 2.40. The summed E-state index contributed by atoms with van der Waals surface area (Å²) in [5.74, 6) is -0.0661. The Morgan fingerprint density at radius 3 is 2.00 bits per heavy atom. The molecule has 0 aromatic heterocycles. The first-order valence-corrected chi connectivity index (χ1v) is 15.1. The van der Waals surface area contributed by atoms with Gasteiger partial charge in [0.25, 0.3) is 10.0 Å². The van der Waals surface area contributed by atoms with Crippen LogP contribution >= 0.6 is 0 Å². The summed E-state index contributed by atoms with van der Waals surface area (Å²) in [6.07, 6.45) is 2.69. The van der Waals surface area contributed by atoms with Crippen molar-refractivity contribution in [3.63, 3.8) is 0 Å². The summed E-state index contributed by atoms with van der Waals surface area (Å²) >= 11 is 0. The lowest BCUT2D eigenvalue weighted by atomic mass is 10.2. The molecule has 202 valence electrons. The molecule has 0 bridgehead atoms. The van der Waals surface area contributed by atoms with E-state index in [1.54, 1.807) is 36.4 Å². The third kappa shape index (κ3) is 6.17. The molecule has 1 aliphatic heterocycles. The number of piperidine rings is 1. The predicted molar refractivity (Wildman–Crippen MR) is 146 cm³/mol. The molecule has 4 rings (SSSR count). The number of nitrogens with one attached hydrogen (secondary N) is 1. The lowest BCUT2D eigenvalue weighted by molar-refractivity contribution is -0.114. The van der Waals surface area contributed by atoms with Gasteiger partial charge in [-0.25, -0.2) is 16.8 Å². The normalized spacial score (nSPS) is 14.6. The molecule has 9 nitrogen and oxygen atoms in total. The number of benzene rings is 3. The molecule has 0 atom stereocenters. The number of carbonyl (C=O) groups excluding carboxylic acids is 1. The molecule has 1 heterocycles. The van der Waals surface area contributed by atoms with E-state index in [9.17, 15) is 21.6 Å². The Morgan fingerprint density at radius 2 is 1.42 bits per heavy atom. The van der Waals surface area contributed by atoms with E-state index in [0.717, 1.165) is 29.1 Å². The van der Waals surface area contributed by atoms with Gasteiger partial charge >= 0.3 is 0 Å². The van der Waals surface area contributed by atoms with Gasteiger partial charge in [0.2, 0.25) is 15.9 Å². The maximum atomic E-state index is 13.5. The number of rotatable bonds is 9. The van der Waals surface area contributed by atoms with Crippen LogP contribution in [-0.2, 0) is 24.8 Å². The quantitative estimate of drug-likeness (QED) is 0.425. The maximum absolute atomic E-state index is 13.5. The minimum Gasteiger partial charge on any atom is -0.497 e. The van der Waals surface area contributed by atoms with Crippen LogP contribution in [0, 0.1) is 6.92 Å². The number of methoxy groups -OCH3 is 1. The molecule has 3 aromatic rings. The van der Waals surface area contributed by atoms with Crippen molar-refractivity contribution >= 4 is 37.3 Å². The number of carbonyl (C=O) groups is 1. The van der Waals surface area contributed by atoms with Crippen LogP contribution in [0.4, 0.5) is 11.4 Å². The lowest BCUT2D eigenvalue weighted by Crippen LogP contribution is -2.38. The summed E-state index contributed by atoms with van der Waals surface area (Å²) in [5, 5.41) is 2.68. The molecule has 38 heavy (non-hydrogen) atoms. The van der Waals surface area contributed by atoms with Gasteiger partial charge in [-0.05, 0) is 80.4 Å². The second-order valence-corrected chi connectivity index (χ2v) is 12.9. The zero-order valence-electron chi connectivity index (χ0n) is 21.3. The molecule has 11 heteroatoms. The van der Waals surface area contributed by atoms with E-state index in [0.29, 0.717) is 30.2 Å². The fourth-order valence-electron chi connectivity index (χ4n) is 4.20. The zero-order valence-corrected chi connectivity index (χ0v) is 23.0. The van der Waals surface area contributed by atoms with E-state index in [1.807, 2.05) is 6.92 Å². The molecule has 1 saturated heterocycles. The van der Waals surface area contributed by atoms with Crippen molar-refractivity contribution in [1.29, 1.82) is 0 Å². The first kappa shape index (κ1) is 27.6. The summed E-state index contributed by atoms with van der Waals surface area (Å²) in [4.78, 5) is 13.2. The van der Waals surface area contributed by atoms with Crippen LogP contribution in [0.25, 0.3) is 0 Å². The number of amides is 1. The second kappa shape index (κ2) is 11.5. The first-order chi connectivity index (χ1) is 18.1. The Labute approximate surface area is 224 Å². The van der Waals surface area contributed by atoms with E-state index >= 15 is 0 Å². The summed E-state index contributed by atoms with van der Waals surface area (Å²) < 4.78 is 60.5. The van der Waals surface area contributed by atoms with Crippen LogP contribution in [0.3, 0.4) is 0 Å². The van der Waals surface area contributed by atoms with Gasteiger partial charge < -0.3 is 10.1 Å². The number of sulfonamides is 2. The lowest BCUT2D eigenvalue weighted by Gasteiger charge is -2.26. The van der Waals surface area contributed by atoms with Gasteiger partial charge in [-0.3, -0.25) is 9.10 Å². The van der Waals surface area contributed by atoms with Crippen molar-refractivity contribution in [2.75, 3.05) is 36.4 Å². The van der Waals surface area contributed by atoms with Gasteiger partial charge in [-0.2, -0.15) is 4.31 Å². The highest BCUT2D eigenvalue weighted by molar-refractivity contribution is 7.92. The summed E-state index contributed by atoms with van der Waals surface area (Å²) in [5.41, 5.74) is 1.64. The number of anilines is 2. The number of hydrogen-bond acceptors (Lipinski definition) is 6. The highest BCUT2D eigenvalue weighted by Gasteiger charge is 2.28. The molecule has 0 radical (unpaired) electrons. The third-order valence-corrected chi connectivity index (χ3v) is 10.0. The minimum atomic E-state index is -4.09. The Bertz CT molecular complexity index is 1470. The maximum Gasteiger partial charge on any atom is 0.264 e. The van der Waals surface area contributed by atoms with E-state index in [4.69, 9.17) is 4.74 Å². The van der Waals surface area contributed by atoms with Crippen molar-refractivity contribution in [2.24, 2.45) is 0 Å². The number of hydrogen-bond donors (Lipinski definition) is 1. The fraction of sp³-hybridized carbons (Fsp3) is 0.296. The minimum absolute atomic E-state index is 0.0129. The molecule has 1 amide bonds. The van der Waals surface area contributed by atoms with Gasteiger partial charge in [-0.1, -0.05) is 24.1 Å². The molecule has 1 N–H and O–H groups in total. The smallest absolute Gasteiger partial charge is 0.264 e. The molecular formula is C27H31N3O6S2. The molecule has 1 aliphatic rings. The monoisotopic (exact) mass is 557 g/mol. The van der Waals surface area contributed by atoms with Crippen LogP contribution in [0.2, 0.25) is 0 Å². The Morgan fingerprint density at radius 1 is 0.842 bits per heavy atom. The predicted octanol–water partition coefficient (Wildman–Crippen LogP) is 4.01. The van der Waals surface area contributed by atoms with Crippen LogP contribution in [-0.4, -0.2) is 53.8 Å². The Kier molecular flexibility index (Phi) is 8.39. The van der Waals surface area contributed by atoms with Crippen molar-refractivity contribution < 1.29 is 26.4 Å². The van der Waals surface area contributed by atoms with Crippen molar-refractivity contribution in [3.8, 4) is 5.75 Å². The summed E-state index contributed by atoms with van der Waals surface area (Å²) in [7, 11) is -6.19. The zero-order chi connectivity index (χ0) is 27.3. The summed E-state index contributed by atoms with van der Waals surface area (Å²) in [6, 6.07) is 18.7. The van der Waals surface area contributed by atoms with Gasteiger partial charge in [0.05, 0.1) is 22.6 Å². The second-order valence-electron chi connectivity index (χ2n) is 9.06. The van der Waals surface area contributed by atoms with Crippen LogP contribution in [0.5, 0.6) is 5.75 Å². The van der Waals surface area contributed by atoms with Gasteiger partial charge in [0.15, 0.2) is 0 Å². The van der Waals surface area contributed by atoms with Crippen molar-refractivity contribution in [2.45, 2.75) is 36.0 Å². The highest BCUT2D eigenvalue weighted by Crippen LogP contribution is 2.26. The van der Waals surface area contributed by atoms with Gasteiger partial charge in [0, 0.05) is 18.8 Å². The van der Waals surface area contributed by atoms with Crippen LogP contribution in [0.15, 0.2) is 82.6 Å². The highest BCUT2D eigenvalue weighted by atomic mass is 32.2. The number of nitrogens with zero attached hydrogens (tertiary/aromatic N) is 2. The molecule has 3 aromatic carbocycles. The van der Waals surface area contributed by atoms with Crippen molar-refractivity contribution in [3.05, 3.63) is 78.4 Å². The van der Waals surface area contributed by atoms with Crippen LogP contribution < -0.4 is 14.4 Å². The average molecular weight is 558 g/mol. The standard InChI is InChI=1S/C27H31N3O6S2/c1-21-6-10-23(11-7-21)30(38(34,35)26-16-12-24(36-2)13-17-26)20-27(31)28-22-8-14-25(15-9-22)37(32,33)29-18-4-3-5-19-29/h6-17H,3-5,18-20H2,1-2H3,(H,28,31). The average Bonchev–Trinajstić information content (AvgIpc) is 2.93.